The summed E-state index contributed by atoms with van der Waals surface area (Å²) < 4.78 is 0. The number of nitrogens with one attached hydrogen (secondary N) is 10. The lowest BCUT2D eigenvalue weighted by Crippen LogP contribution is -2.61. The Balaban J connectivity index is 2.10. The van der Waals surface area contributed by atoms with Gasteiger partial charge in [-0.05, 0) is 89.2 Å². The third kappa shape index (κ3) is 20.2. The Kier molecular flexibility index (Phi) is 26.1. The molecule has 0 radical (unpaired) electrons. The van der Waals surface area contributed by atoms with Crippen LogP contribution in [-0.2, 0) is 49.6 Å². The molecule has 19 N–H and O–H groups in total. The van der Waals surface area contributed by atoms with E-state index in [-0.39, 0.29) is 63.2 Å². The van der Waals surface area contributed by atoms with Crippen LogP contribution in [0.5, 0.6) is 0 Å². The van der Waals surface area contributed by atoms with Crippen molar-refractivity contribution < 1.29 is 63.3 Å². The fourth-order valence-electron chi connectivity index (χ4n) is 7.67. The van der Waals surface area contributed by atoms with Crippen LogP contribution in [0.25, 0.3) is 0 Å². The van der Waals surface area contributed by atoms with Crippen LogP contribution in [0.3, 0.4) is 0 Å². The molecule has 1 aliphatic rings. The normalized spacial score (nSPS) is 23.5. The van der Waals surface area contributed by atoms with Gasteiger partial charge in [-0.2, -0.15) is 0 Å². The van der Waals surface area contributed by atoms with E-state index in [2.05, 4.69) is 58.2 Å². The molecular weight excluding hydrogens is 981 g/mol. The van der Waals surface area contributed by atoms with Gasteiger partial charge < -0.3 is 85.7 Å². The van der Waals surface area contributed by atoms with E-state index in [1.807, 2.05) is 0 Å². The molecule has 27 heteroatoms. The van der Waals surface area contributed by atoms with Gasteiger partial charge >= 0.3 is 0 Å². The second kappa shape index (κ2) is 31.5. The predicted molar refractivity (Wildman–Crippen MR) is 270 cm³/mol. The molecule has 1 fully saturated rings. The van der Waals surface area contributed by atoms with Crippen LogP contribution in [0, 0.1) is 5.92 Å². The Morgan fingerprint density at radius 1 is 0.640 bits per heavy atom. The largest absolute Gasteiger partial charge is 0.394 e. The highest BCUT2D eigenvalue weighted by molar-refractivity contribution is 6.00. The van der Waals surface area contributed by atoms with Crippen molar-refractivity contribution in [2.75, 3.05) is 32.8 Å². The van der Waals surface area contributed by atoms with E-state index in [0.29, 0.717) is 5.56 Å². The molecule has 1 aliphatic heterocycles. The van der Waals surface area contributed by atoms with Crippen molar-refractivity contribution >= 4 is 59.1 Å². The van der Waals surface area contributed by atoms with Gasteiger partial charge in [-0.15, -0.1) is 0 Å². The predicted octanol–water partition coefficient (Wildman–Crippen LogP) is -6.33. The molecule has 0 saturated carbocycles. The Bertz CT molecular complexity index is 2240. The summed E-state index contributed by atoms with van der Waals surface area (Å²) in [7, 11) is 0. The summed E-state index contributed by atoms with van der Waals surface area (Å²) >= 11 is 0. The lowest BCUT2D eigenvalue weighted by atomic mass is 10.00. The highest BCUT2D eigenvalue weighted by Crippen LogP contribution is 2.11. The number of carbonyl (C=O) groups excluding carboxylic acids is 10. The topological polar surface area (TPSA) is 443 Å². The Morgan fingerprint density at radius 3 is 1.64 bits per heavy atom. The van der Waals surface area contributed by atoms with Crippen LogP contribution in [0.15, 0.2) is 54.9 Å². The van der Waals surface area contributed by atoms with Crippen LogP contribution in [0.1, 0.15) is 75.7 Å². The minimum Gasteiger partial charge on any atom is -0.394 e. The average Bonchev–Trinajstić information content (AvgIpc) is 3.37. The first-order valence-corrected chi connectivity index (χ1v) is 24.7. The highest BCUT2D eigenvalue weighted by atomic mass is 16.3. The molecule has 27 nitrogen and oxygen atoms in total. The highest BCUT2D eigenvalue weighted by Gasteiger charge is 2.37. The number of carbonyl (C=O) groups is 10. The second-order valence-electron chi connectivity index (χ2n) is 18.4. The van der Waals surface area contributed by atoms with E-state index in [0.717, 1.165) is 0 Å². The zero-order chi connectivity index (χ0) is 55.8. The third-order valence-electron chi connectivity index (χ3n) is 11.8. The van der Waals surface area contributed by atoms with Crippen molar-refractivity contribution in [2.45, 2.75) is 133 Å². The maximum absolute atomic E-state index is 14.3. The number of amides is 10. The number of benzene rings is 1. The zero-order valence-corrected chi connectivity index (χ0v) is 42.5. The lowest BCUT2D eigenvalue weighted by molar-refractivity contribution is -0.136. The Morgan fingerprint density at radius 2 is 1.13 bits per heavy atom. The first-order valence-electron chi connectivity index (χ1n) is 24.7. The summed E-state index contributed by atoms with van der Waals surface area (Å²) in [5.74, 6) is -9.74. The number of aliphatic hydroxyl groups is 3. The van der Waals surface area contributed by atoms with Crippen LogP contribution in [-0.4, -0.2) is 179 Å². The standard InChI is InChI=1S/C48H74N14O13/c1-25(2)22-34-44(71)56-30(10-16-49)40(67)55-32(12-18-51)43(70)62-37(26(3)64)47(74)53-21-15-33(42(69)54-31(11-17-50)41(68)59-35(45(72)58-34)23-28-8-6-5-7-9-28)57-46(73)36(24-63)60-48(75)38(27(4)65)61-39(66)29-13-19-52-20-14-29/h5-9,13-14,19-20,25-27,30-38,63-65H,10-12,15-18,21-24,49-51H2,1-4H3,(H,53,74)(H,54,69)(H,55,67)(H,56,71)(H,57,73)(H,58,72)(H,59,68)(H,60,75)(H,61,66)(H,62,70)/t26-,27-,30+,31+,32+,33+,34+,35-,36-,37+,38+/m1/s1. The first kappa shape index (κ1) is 62.1. The number of pyridine rings is 1. The van der Waals surface area contributed by atoms with Gasteiger partial charge in [0.15, 0.2) is 0 Å². The minimum atomic E-state index is -1.83. The fraction of sp³-hybridized carbons (Fsp3) is 0.562. The van der Waals surface area contributed by atoms with Gasteiger partial charge in [0.1, 0.15) is 54.4 Å². The Labute approximate surface area is 434 Å². The maximum Gasteiger partial charge on any atom is 0.252 e. The molecular formula is C48H74N14O13. The maximum atomic E-state index is 14.3. The van der Waals surface area contributed by atoms with Crippen molar-refractivity contribution in [2.24, 2.45) is 23.1 Å². The number of aromatic nitrogens is 1. The monoisotopic (exact) mass is 1050 g/mol. The summed E-state index contributed by atoms with van der Waals surface area (Å²) in [6.45, 7) is 3.93. The molecule has 0 aliphatic carbocycles. The molecule has 1 aromatic carbocycles. The van der Waals surface area contributed by atoms with E-state index in [9.17, 15) is 63.3 Å². The molecule has 10 amide bonds. The van der Waals surface area contributed by atoms with Crippen LogP contribution >= 0.6 is 0 Å². The van der Waals surface area contributed by atoms with E-state index in [1.165, 1.54) is 38.4 Å². The number of rotatable bonds is 19. The number of nitrogens with two attached hydrogens (primary N) is 3. The van der Waals surface area contributed by atoms with E-state index < -0.39 is 145 Å². The summed E-state index contributed by atoms with van der Waals surface area (Å²) in [6.07, 6.45) is -1.55. The number of hydrogen-bond acceptors (Lipinski definition) is 17. The van der Waals surface area contributed by atoms with Gasteiger partial charge in [-0.3, -0.25) is 52.9 Å². The van der Waals surface area contributed by atoms with Gasteiger partial charge in [0.05, 0.1) is 18.8 Å². The molecule has 414 valence electrons. The molecule has 1 saturated heterocycles. The summed E-state index contributed by atoms with van der Waals surface area (Å²) in [6, 6.07) is -2.64. The molecule has 2 heterocycles. The third-order valence-corrected chi connectivity index (χ3v) is 11.8. The van der Waals surface area contributed by atoms with E-state index >= 15 is 0 Å². The molecule has 75 heavy (non-hydrogen) atoms. The summed E-state index contributed by atoms with van der Waals surface area (Å²) in [4.78, 5) is 142. The minimum absolute atomic E-state index is 0.0470. The fourth-order valence-corrected chi connectivity index (χ4v) is 7.67. The smallest absolute Gasteiger partial charge is 0.252 e. The molecule has 11 atom stereocenters. The van der Waals surface area contributed by atoms with Gasteiger partial charge in [0.2, 0.25) is 53.2 Å². The van der Waals surface area contributed by atoms with Gasteiger partial charge in [0, 0.05) is 30.9 Å². The second-order valence-corrected chi connectivity index (χ2v) is 18.4. The van der Waals surface area contributed by atoms with Crippen molar-refractivity contribution in [1.82, 2.24) is 58.2 Å². The number of hydrogen-bond donors (Lipinski definition) is 16. The van der Waals surface area contributed by atoms with Gasteiger partial charge in [-0.1, -0.05) is 44.2 Å². The zero-order valence-electron chi connectivity index (χ0n) is 42.5. The van der Waals surface area contributed by atoms with Crippen LogP contribution < -0.4 is 70.4 Å². The number of aliphatic hydroxyl groups excluding tert-OH is 3. The average molecular weight is 1060 g/mol. The molecule has 0 bridgehead atoms. The first-order chi connectivity index (χ1) is 35.6. The molecule has 1 aromatic heterocycles. The summed E-state index contributed by atoms with van der Waals surface area (Å²) in [5.41, 5.74) is 18.2. The van der Waals surface area contributed by atoms with Crippen molar-refractivity contribution in [3.63, 3.8) is 0 Å². The SMILES string of the molecule is CC(C)C[C@@H]1NC(=O)[C@@H](Cc2ccccc2)NC(=O)[C@H](CCN)NC(=O)[C@@H](NC(=O)[C@@H](CO)NC(=O)[C@@H](NC(=O)c2ccncc2)[C@@H](C)O)CCNC(=O)[C@H]([C@@H](C)O)NC(=O)[C@H](CCN)NC(=O)[C@H](CCN)NC1=O. The summed E-state index contributed by atoms with van der Waals surface area (Å²) in [5, 5.41) is 56.2. The lowest BCUT2D eigenvalue weighted by Gasteiger charge is -2.28. The Hall–Kier alpha value is -7.17. The van der Waals surface area contributed by atoms with Gasteiger partial charge in [0.25, 0.3) is 5.91 Å². The molecule has 0 spiro atoms. The van der Waals surface area contributed by atoms with Crippen molar-refractivity contribution in [3.05, 3.63) is 66.0 Å². The van der Waals surface area contributed by atoms with Gasteiger partial charge in [-0.25, -0.2) is 0 Å². The van der Waals surface area contributed by atoms with E-state index in [1.54, 1.807) is 44.2 Å². The van der Waals surface area contributed by atoms with Crippen LogP contribution in [0.2, 0.25) is 0 Å². The van der Waals surface area contributed by atoms with Crippen molar-refractivity contribution in [3.8, 4) is 0 Å². The van der Waals surface area contributed by atoms with Crippen LogP contribution in [0.4, 0.5) is 0 Å². The quantitative estimate of drug-likeness (QED) is 0.0622. The van der Waals surface area contributed by atoms with E-state index in [4.69, 9.17) is 17.2 Å². The number of nitrogens with zero attached hydrogens (tertiary/aromatic N) is 1. The molecule has 0 unspecified atom stereocenters. The molecule has 2 aromatic rings. The van der Waals surface area contributed by atoms with Crippen molar-refractivity contribution in [1.29, 1.82) is 0 Å². The molecule has 3 rings (SSSR count).